The molecule has 0 aliphatic heterocycles. The number of anilines is 3. The standard InChI is InChI=1S/C17H15ClN6O/c1-10-14(8-19-9-20-10)17(25)24-16-7-15(21-11(2)22-16)23-13-5-3-12(18)4-6-13/h3-9H,1-2H3,(H2,21,22,23,24,25). The molecule has 1 amide bonds. The molecule has 0 unspecified atom stereocenters. The van der Waals surface area contributed by atoms with Crippen LogP contribution in [0.2, 0.25) is 5.02 Å². The van der Waals surface area contributed by atoms with Crippen molar-refractivity contribution in [3.63, 3.8) is 0 Å². The third kappa shape index (κ3) is 4.27. The summed E-state index contributed by atoms with van der Waals surface area (Å²) in [6.07, 6.45) is 2.87. The zero-order chi connectivity index (χ0) is 17.8. The molecule has 2 N–H and O–H groups in total. The van der Waals surface area contributed by atoms with Gasteiger partial charge in [0.2, 0.25) is 0 Å². The summed E-state index contributed by atoms with van der Waals surface area (Å²) in [6.45, 7) is 3.49. The zero-order valence-electron chi connectivity index (χ0n) is 13.6. The quantitative estimate of drug-likeness (QED) is 0.744. The highest BCUT2D eigenvalue weighted by Crippen LogP contribution is 2.20. The fraction of sp³-hybridized carbons (Fsp3) is 0.118. The van der Waals surface area contributed by atoms with Gasteiger partial charge in [-0.25, -0.2) is 19.9 Å². The van der Waals surface area contributed by atoms with Crippen molar-refractivity contribution in [1.29, 1.82) is 0 Å². The fourth-order valence-corrected chi connectivity index (χ4v) is 2.30. The van der Waals surface area contributed by atoms with Gasteiger partial charge in [0.25, 0.3) is 5.91 Å². The summed E-state index contributed by atoms with van der Waals surface area (Å²) in [6, 6.07) is 8.88. The molecule has 0 fully saturated rings. The van der Waals surface area contributed by atoms with E-state index in [1.165, 1.54) is 12.5 Å². The van der Waals surface area contributed by atoms with Crippen LogP contribution in [0.3, 0.4) is 0 Å². The van der Waals surface area contributed by atoms with E-state index in [0.717, 1.165) is 5.69 Å². The molecular formula is C17H15ClN6O. The van der Waals surface area contributed by atoms with Crippen LogP contribution in [0.4, 0.5) is 17.3 Å². The predicted molar refractivity (Wildman–Crippen MR) is 96.2 cm³/mol. The van der Waals surface area contributed by atoms with Gasteiger partial charge in [-0.05, 0) is 38.1 Å². The molecule has 0 spiro atoms. The zero-order valence-corrected chi connectivity index (χ0v) is 14.4. The maximum Gasteiger partial charge on any atom is 0.260 e. The van der Waals surface area contributed by atoms with Crippen LogP contribution >= 0.6 is 11.6 Å². The number of carbonyl (C=O) groups excluding carboxylic acids is 1. The second-order valence-electron chi connectivity index (χ2n) is 5.29. The molecule has 3 aromatic rings. The fourth-order valence-electron chi connectivity index (χ4n) is 2.17. The molecule has 0 saturated heterocycles. The maximum atomic E-state index is 12.4. The van der Waals surface area contributed by atoms with E-state index in [9.17, 15) is 4.79 Å². The second-order valence-corrected chi connectivity index (χ2v) is 5.73. The van der Waals surface area contributed by atoms with Gasteiger partial charge < -0.3 is 10.6 Å². The van der Waals surface area contributed by atoms with Gasteiger partial charge in [-0.1, -0.05) is 11.6 Å². The molecule has 0 aliphatic carbocycles. The summed E-state index contributed by atoms with van der Waals surface area (Å²) in [5.74, 6) is 1.15. The van der Waals surface area contributed by atoms with E-state index in [4.69, 9.17) is 11.6 Å². The molecule has 0 saturated carbocycles. The van der Waals surface area contributed by atoms with E-state index < -0.39 is 0 Å². The van der Waals surface area contributed by atoms with Crippen LogP contribution in [0.15, 0.2) is 42.9 Å². The van der Waals surface area contributed by atoms with Gasteiger partial charge >= 0.3 is 0 Å². The van der Waals surface area contributed by atoms with Gasteiger partial charge in [0.05, 0.1) is 11.3 Å². The van der Waals surface area contributed by atoms with E-state index in [0.29, 0.717) is 33.7 Å². The number of aryl methyl sites for hydroxylation is 2. The second kappa shape index (κ2) is 7.23. The first-order chi connectivity index (χ1) is 12.0. The molecule has 3 rings (SSSR count). The SMILES string of the molecule is Cc1nc(NC(=O)c2cncnc2C)cc(Nc2ccc(Cl)cc2)n1. The average molecular weight is 355 g/mol. The summed E-state index contributed by atoms with van der Waals surface area (Å²) in [4.78, 5) is 28.8. The Hall–Kier alpha value is -3.06. The number of amides is 1. The lowest BCUT2D eigenvalue weighted by molar-refractivity contribution is 0.102. The number of nitrogens with one attached hydrogen (secondary N) is 2. The molecule has 8 heteroatoms. The van der Waals surface area contributed by atoms with Gasteiger partial charge in [0.1, 0.15) is 23.8 Å². The molecule has 2 aromatic heterocycles. The summed E-state index contributed by atoms with van der Waals surface area (Å²) in [5, 5.41) is 6.55. The number of hydrogen-bond donors (Lipinski definition) is 2. The van der Waals surface area contributed by atoms with Gasteiger partial charge in [0.15, 0.2) is 0 Å². The number of benzene rings is 1. The Balaban J connectivity index is 1.80. The normalized spacial score (nSPS) is 10.4. The van der Waals surface area contributed by atoms with E-state index in [1.54, 1.807) is 32.0 Å². The smallest absolute Gasteiger partial charge is 0.260 e. The lowest BCUT2D eigenvalue weighted by Gasteiger charge is -2.10. The minimum Gasteiger partial charge on any atom is -0.340 e. The van der Waals surface area contributed by atoms with E-state index in [-0.39, 0.29) is 5.91 Å². The van der Waals surface area contributed by atoms with Crippen molar-refractivity contribution in [1.82, 2.24) is 19.9 Å². The summed E-state index contributed by atoms with van der Waals surface area (Å²) in [5.41, 5.74) is 1.82. The van der Waals surface area contributed by atoms with Crippen molar-refractivity contribution in [3.8, 4) is 0 Å². The topological polar surface area (TPSA) is 92.7 Å². The van der Waals surface area contributed by atoms with Crippen LogP contribution in [0.25, 0.3) is 0 Å². The van der Waals surface area contributed by atoms with Crippen LogP contribution in [0.5, 0.6) is 0 Å². The van der Waals surface area contributed by atoms with Crippen LogP contribution < -0.4 is 10.6 Å². The third-order valence-electron chi connectivity index (χ3n) is 3.35. The Morgan fingerprint density at radius 1 is 1.08 bits per heavy atom. The number of nitrogens with zero attached hydrogens (tertiary/aromatic N) is 4. The van der Waals surface area contributed by atoms with Crippen molar-refractivity contribution in [2.24, 2.45) is 0 Å². The highest BCUT2D eigenvalue weighted by atomic mass is 35.5. The van der Waals surface area contributed by atoms with Crippen LogP contribution in [0, 0.1) is 13.8 Å². The highest BCUT2D eigenvalue weighted by Gasteiger charge is 2.12. The highest BCUT2D eigenvalue weighted by molar-refractivity contribution is 6.30. The van der Waals surface area contributed by atoms with E-state index in [1.807, 2.05) is 12.1 Å². The maximum absolute atomic E-state index is 12.4. The van der Waals surface area contributed by atoms with E-state index >= 15 is 0 Å². The molecule has 7 nitrogen and oxygen atoms in total. The Kier molecular flexibility index (Phi) is 4.85. The monoisotopic (exact) mass is 354 g/mol. The summed E-state index contributed by atoms with van der Waals surface area (Å²) in [7, 11) is 0. The molecule has 1 aromatic carbocycles. The van der Waals surface area contributed by atoms with Crippen LogP contribution in [0.1, 0.15) is 21.9 Å². The molecule has 25 heavy (non-hydrogen) atoms. The van der Waals surface area contributed by atoms with Crippen LogP contribution in [-0.4, -0.2) is 25.8 Å². The third-order valence-corrected chi connectivity index (χ3v) is 3.60. The minimum absolute atomic E-state index is 0.325. The lowest BCUT2D eigenvalue weighted by Crippen LogP contribution is -2.16. The minimum atomic E-state index is -0.325. The number of rotatable bonds is 4. The first-order valence-electron chi connectivity index (χ1n) is 7.47. The number of halogens is 1. The van der Waals surface area contributed by atoms with Gasteiger partial charge in [-0.15, -0.1) is 0 Å². The van der Waals surface area contributed by atoms with Crippen molar-refractivity contribution >= 4 is 34.8 Å². The Bertz CT molecular complexity index is 913. The molecule has 0 atom stereocenters. The van der Waals surface area contributed by atoms with E-state index in [2.05, 4.69) is 30.6 Å². The number of carbonyl (C=O) groups is 1. The largest absolute Gasteiger partial charge is 0.340 e. The number of aromatic nitrogens is 4. The van der Waals surface area contributed by atoms with Crippen molar-refractivity contribution in [2.45, 2.75) is 13.8 Å². The van der Waals surface area contributed by atoms with Crippen molar-refractivity contribution < 1.29 is 4.79 Å². The average Bonchev–Trinajstić information content (AvgIpc) is 2.57. The predicted octanol–water partition coefficient (Wildman–Crippen LogP) is 3.53. The molecular weight excluding hydrogens is 340 g/mol. The summed E-state index contributed by atoms with van der Waals surface area (Å²) < 4.78 is 0. The molecule has 0 bridgehead atoms. The Morgan fingerprint density at radius 3 is 2.52 bits per heavy atom. The summed E-state index contributed by atoms with van der Waals surface area (Å²) >= 11 is 5.88. The van der Waals surface area contributed by atoms with Crippen molar-refractivity contribution in [3.05, 3.63) is 65.0 Å². The lowest BCUT2D eigenvalue weighted by atomic mass is 10.2. The van der Waals surface area contributed by atoms with Crippen LogP contribution in [-0.2, 0) is 0 Å². The molecule has 126 valence electrons. The molecule has 0 aliphatic rings. The number of hydrogen-bond acceptors (Lipinski definition) is 6. The van der Waals surface area contributed by atoms with Gasteiger partial charge in [-0.2, -0.15) is 0 Å². The first-order valence-corrected chi connectivity index (χ1v) is 7.85. The van der Waals surface area contributed by atoms with Gasteiger partial charge in [-0.3, -0.25) is 4.79 Å². The molecule has 0 radical (unpaired) electrons. The first kappa shape index (κ1) is 16.8. The Labute approximate surface area is 149 Å². The molecule has 2 heterocycles. The van der Waals surface area contributed by atoms with Gasteiger partial charge in [0, 0.05) is 23.0 Å². The van der Waals surface area contributed by atoms with Crippen molar-refractivity contribution in [2.75, 3.05) is 10.6 Å². The Morgan fingerprint density at radius 2 is 1.80 bits per heavy atom.